The van der Waals surface area contributed by atoms with Crippen molar-refractivity contribution in [1.29, 1.82) is 0 Å². The molecule has 0 saturated heterocycles. The lowest BCUT2D eigenvalue weighted by atomic mass is 10.2. The van der Waals surface area contributed by atoms with Gasteiger partial charge in [-0.05, 0) is 12.1 Å². The Hall–Kier alpha value is -1.94. The number of phenols is 1. The Morgan fingerprint density at radius 3 is 2.84 bits per heavy atom. The zero-order valence-electron chi connectivity index (χ0n) is 10.9. The first-order valence-corrected chi connectivity index (χ1v) is 6.29. The molecule has 2 aromatic rings. The van der Waals surface area contributed by atoms with Crippen LogP contribution >= 0.6 is 11.6 Å². The van der Waals surface area contributed by atoms with Gasteiger partial charge < -0.3 is 15.3 Å². The number of hydrogen-bond donors (Lipinski definition) is 2. The van der Waals surface area contributed by atoms with Gasteiger partial charge in [-0.15, -0.1) is 0 Å². The van der Waals surface area contributed by atoms with Gasteiger partial charge in [-0.2, -0.15) is 0 Å². The second-order valence-electron chi connectivity index (χ2n) is 4.39. The summed E-state index contributed by atoms with van der Waals surface area (Å²) in [6, 6.07) is 7.24. The minimum atomic E-state index is 0.118. The van der Waals surface area contributed by atoms with Crippen molar-refractivity contribution in [1.82, 2.24) is 4.98 Å². The fraction of sp³-hybridized carbons (Fsp3) is 0.214. The Kier molecular flexibility index (Phi) is 4.12. The average Bonchev–Trinajstić information content (AvgIpc) is 2.40. The molecule has 1 aromatic heterocycles. The van der Waals surface area contributed by atoms with Crippen LogP contribution in [0.1, 0.15) is 5.56 Å². The van der Waals surface area contributed by atoms with Crippen LogP contribution in [0.2, 0.25) is 5.02 Å². The molecule has 5 heteroatoms. The predicted molar refractivity (Wildman–Crippen MR) is 79.0 cm³/mol. The lowest BCUT2D eigenvalue weighted by Crippen LogP contribution is -2.12. The number of benzene rings is 1. The fourth-order valence-corrected chi connectivity index (χ4v) is 2.00. The van der Waals surface area contributed by atoms with Crippen molar-refractivity contribution in [2.24, 2.45) is 0 Å². The maximum atomic E-state index is 9.86. The molecule has 0 bridgehead atoms. The van der Waals surface area contributed by atoms with Gasteiger partial charge in [-0.3, -0.25) is 4.98 Å². The van der Waals surface area contributed by atoms with Crippen LogP contribution in [0, 0.1) is 0 Å². The van der Waals surface area contributed by atoms with Crippen LogP contribution in [0.25, 0.3) is 0 Å². The van der Waals surface area contributed by atoms with Crippen LogP contribution in [0.15, 0.2) is 36.7 Å². The van der Waals surface area contributed by atoms with E-state index in [0.29, 0.717) is 11.6 Å². The molecule has 0 aliphatic carbocycles. The van der Waals surface area contributed by atoms with E-state index in [2.05, 4.69) is 10.3 Å². The molecule has 0 aliphatic heterocycles. The van der Waals surface area contributed by atoms with Crippen molar-refractivity contribution in [3.05, 3.63) is 47.2 Å². The summed E-state index contributed by atoms with van der Waals surface area (Å²) in [7, 11) is 3.94. The summed E-state index contributed by atoms with van der Waals surface area (Å²) in [6.45, 7) is 0.485. The highest BCUT2D eigenvalue weighted by Gasteiger charge is 2.07. The molecular weight excluding hydrogens is 262 g/mol. The first-order chi connectivity index (χ1) is 9.09. The van der Waals surface area contributed by atoms with Gasteiger partial charge in [-0.25, -0.2) is 0 Å². The maximum absolute atomic E-state index is 9.86. The van der Waals surface area contributed by atoms with Gasteiger partial charge in [0.2, 0.25) is 0 Å². The minimum Gasteiger partial charge on any atom is -0.506 e. The highest BCUT2D eigenvalue weighted by atomic mass is 35.5. The number of halogens is 1. The summed E-state index contributed by atoms with van der Waals surface area (Å²) in [5.74, 6) is 0.118. The van der Waals surface area contributed by atoms with E-state index in [-0.39, 0.29) is 5.75 Å². The van der Waals surface area contributed by atoms with Gasteiger partial charge in [0.1, 0.15) is 5.75 Å². The third kappa shape index (κ3) is 3.09. The second-order valence-corrected chi connectivity index (χ2v) is 4.80. The molecule has 0 spiro atoms. The van der Waals surface area contributed by atoms with E-state index in [4.69, 9.17) is 11.6 Å². The number of anilines is 2. The molecule has 100 valence electrons. The van der Waals surface area contributed by atoms with Gasteiger partial charge in [0, 0.05) is 32.4 Å². The summed E-state index contributed by atoms with van der Waals surface area (Å²) in [6.07, 6.45) is 3.51. The molecule has 0 atom stereocenters. The van der Waals surface area contributed by atoms with Gasteiger partial charge in [0.25, 0.3) is 0 Å². The Morgan fingerprint density at radius 2 is 2.11 bits per heavy atom. The van der Waals surface area contributed by atoms with Crippen molar-refractivity contribution < 1.29 is 5.11 Å². The standard InChI is InChI=1S/C14H16ClN3O/c1-18(2)13-6-7-16-9-12(13)17-8-10-4-3-5-11(15)14(10)19/h3-7,9,17,19H,8H2,1-2H3. The first kappa shape index (κ1) is 13.5. The Labute approximate surface area is 117 Å². The topological polar surface area (TPSA) is 48.4 Å². The molecule has 0 amide bonds. The number of aromatic nitrogens is 1. The number of hydrogen-bond acceptors (Lipinski definition) is 4. The molecule has 0 aliphatic rings. The van der Waals surface area contributed by atoms with Crippen LogP contribution in [-0.2, 0) is 6.54 Å². The lowest BCUT2D eigenvalue weighted by molar-refractivity contribution is 0.469. The summed E-state index contributed by atoms with van der Waals surface area (Å²) < 4.78 is 0. The zero-order chi connectivity index (χ0) is 13.8. The monoisotopic (exact) mass is 277 g/mol. The van der Waals surface area contributed by atoms with Crippen molar-refractivity contribution >= 4 is 23.0 Å². The van der Waals surface area contributed by atoms with Gasteiger partial charge in [0.05, 0.1) is 22.6 Å². The highest BCUT2D eigenvalue weighted by Crippen LogP contribution is 2.29. The third-order valence-corrected chi connectivity index (χ3v) is 3.12. The number of para-hydroxylation sites is 1. The van der Waals surface area contributed by atoms with E-state index in [1.807, 2.05) is 37.2 Å². The summed E-state index contributed by atoms with van der Waals surface area (Å²) in [4.78, 5) is 6.10. The minimum absolute atomic E-state index is 0.118. The van der Waals surface area contributed by atoms with E-state index in [9.17, 15) is 5.11 Å². The Balaban J connectivity index is 2.17. The van der Waals surface area contributed by atoms with Crippen LogP contribution in [0.5, 0.6) is 5.75 Å². The molecule has 0 fully saturated rings. The Morgan fingerprint density at radius 1 is 1.32 bits per heavy atom. The number of nitrogens with one attached hydrogen (secondary N) is 1. The third-order valence-electron chi connectivity index (χ3n) is 2.82. The van der Waals surface area contributed by atoms with E-state index in [1.54, 1.807) is 18.5 Å². The number of rotatable bonds is 4. The van der Waals surface area contributed by atoms with Crippen molar-refractivity contribution in [2.45, 2.75) is 6.54 Å². The normalized spacial score (nSPS) is 10.3. The molecule has 2 N–H and O–H groups in total. The van der Waals surface area contributed by atoms with Crippen molar-refractivity contribution in [2.75, 3.05) is 24.3 Å². The summed E-state index contributed by atoms with van der Waals surface area (Å²) >= 11 is 5.88. The fourth-order valence-electron chi connectivity index (χ4n) is 1.81. The second kappa shape index (κ2) is 5.80. The highest BCUT2D eigenvalue weighted by molar-refractivity contribution is 6.32. The van der Waals surface area contributed by atoms with Crippen LogP contribution < -0.4 is 10.2 Å². The Bertz CT molecular complexity index is 572. The first-order valence-electron chi connectivity index (χ1n) is 5.91. The van der Waals surface area contributed by atoms with Crippen molar-refractivity contribution in [3.8, 4) is 5.75 Å². The van der Waals surface area contributed by atoms with Crippen LogP contribution in [0.3, 0.4) is 0 Å². The maximum Gasteiger partial charge on any atom is 0.139 e. The molecule has 0 radical (unpaired) electrons. The quantitative estimate of drug-likeness (QED) is 0.901. The van der Waals surface area contributed by atoms with Gasteiger partial charge in [0.15, 0.2) is 0 Å². The molecule has 1 heterocycles. The molecular formula is C14H16ClN3O. The van der Waals surface area contributed by atoms with Gasteiger partial charge >= 0.3 is 0 Å². The molecule has 1 aromatic carbocycles. The predicted octanol–water partition coefficient (Wildman–Crippen LogP) is 3.12. The van der Waals surface area contributed by atoms with E-state index < -0.39 is 0 Å². The number of phenolic OH excluding ortho intramolecular Hbond substituents is 1. The summed E-state index contributed by atoms with van der Waals surface area (Å²) in [5, 5.41) is 13.5. The SMILES string of the molecule is CN(C)c1ccncc1NCc1cccc(Cl)c1O. The molecule has 4 nitrogen and oxygen atoms in total. The zero-order valence-corrected chi connectivity index (χ0v) is 11.6. The van der Waals surface area contributed by atoms with E-state index >= 15 is 0 Å². The van der Waals surface area contributed by atoms with Crippen LogP contribution in [0.4, 0.5) is 11.4 Å². The van der Waals surface area contributed by atoms with Crippen LogP contribution in [-0.4, -0.2) is 24.2 Å². The lowest BCUT2D eigenvalue weighted by Gasteiger charge is -2.18. The number of pyridine rings is 1. The van der Waals surface area contributed by atoms with E-state index in [0.717, 1.165) is 16.9 Å². The van der Waals surface area contributed by atoms with Gasteiger partial charge in [-0.1, -0.05) is 23.7 Å². The number of nitrogens with zero attached hydrogens (tertiary/aromatic N) is 2. The molecule has 2 rings (SSSR count). The smallest absolute Gasteiger partial charge is 0.139 e. The van der Waals surface area contributed by atoms with E-state index in [1.165, 1.54) is 0 Å². The summed E-state index contributed by atoms with van der Waals surface area (Å²) in [5.41, 5.74) is 2.70. The molecule has 0 unspecified atom stereocenters. The average molecular weight is 278 g/mol. The number of aromatic hydroxyl groups is 1. The van der Waals surface area contributed by atoms with Crippen molar-refractivity contribution in [3.63, 3.8) is 0 Å². The molecule has 0 saturated carbocycles. The molecule has 19 heavy (non-hydrogen) atoms. The largest absolute Gasteiger partial charge is 0.506 e.